The predicted molar refractivity (Wildman–Crippen MR) is 388 cm³/mol. The van der Waals surface area contributed by atoms with Gasteiger partial charge in [-0.2, -0.15) is 0 Å². The van der Waals surface area contributed by atoms with Gasteiger partial charge in [-0.3, -0.25) is 28.8 Å². The maximum Gasteiger partial charge on any atom is 0.415 e. The van der Waals surface area contributed by atoms with Gasteiger partial charge in [0.05, 0.1) is 26.8 Å². The number of urea groups is 1. The lowest BCUT2D eigenvalue weighted by Crippen LogP contribution is -2.61. The van der Waals surface area contributed by atoms with Crippen LogP contribution in [0.4, 0.5) is 31.4 Å². The molecule has 0 radical (unpaired) electrons. The van der Waals surface area contributed by atoms with E-state index in [2.05, 4.69) is 21.3 Å². The zero-order valence-electron chi connectivity index (χ0n) is 58.8. The fourth-order valence-electron chi connectivity index (χ4n) is 13.1. The average Bonchev–Trinajstić information content (AvgIpc) is 1.60. The molecule has 560 valence electrons. The number of halogens is 2. The first-order valence-corrected chi connectivity index (χ1v) is 37.0. The van der Waals surface area contributed by atoms with Gasteiger partial charge in [-0.15, -0.1) is 45.9 Å². The third-order valence-corrected chi connectivity index (χ3v) is 21.6. The van der Waals surface area contributed by atoms with Crippen molar-refractivity contribution in [3.8, 4) is 11.5 Å². The summed E-state index contributed by atoms with van der Waals surface area (Å²) in [5, 5.41) is 57.6. The van der Waals surface area contributed by atoms with Gasteiger partial charge in [0.25, 0.3) is 0 Å². The zero-order chi connectivity index (χ0) is 75.3. The molecule has 3 aliphatic heterocycles. The van der Waals surface area contributed by atoms with E-state index in [4.69, 9.17) is 47.9 Å². The molecule has 0 spiro atoms. The summed E-state index contributed by atoms with van der Waals surface area (Å²) in [5.41, 5.74) is 10.5. The molecule has 9 amide bonds. The lowest BCUT2D eigenvalue weighted by Gasteiger charge is -2.38. The second-order valence-electron chi connectivity index (χ2n) is 26.8. The third kappa shape index (κ3) is 20.0. The van der Waals surface area contributed by atoms with Crippen LogP contribution in [0.2, 0.25) is 0 Å². The van der Waals surface area contributed by atoms with Gasteiger partial charge in [0.15, 0.2) is 17.6 Å². The van der Waals surface area contributed by atoms with Gasteiger partial charge in [0.1, 0.15) is 36.5 Å². The fraction of sp³-hybridized carbons (Fsp3) is 0.535. The first-order chi connectivity index (χ1) is 48.9. The molecule has 0 saturated carbocycles. The van der Waals surface area contributed by atoms with Crippen LogP contribution in [0.25, 0.3) is 20.2 Å². The number of aliphatic carboxylic acids is 1. The van der Waals surface area contributed by atoms with Gasteiger partial charge < -0.3 is 90.8 Å². The summed E-state index contributed by atoms with van der Waals surface area (Å²) in [7, 11) is 3.01. The van der Waals surface area contributed by atoms with Gasteiger partial charge >= 0.3 is 24.2 Å². The molecule has 32 heteroatoms. The number of primary amides is 1. The van der Waals surface area contributed by atoms with Crippen LogP contribution >= 0.6 is 45.9 Å². The van der Waals surface area contributed by atoms with E-state index in [0.29, 0.717) is 64.3 Å². The van der Waals surface area contributed by atoms with Crippen LogP contribution in [0.3, 0.4) is 0 Å². The number of carboxylic acid groups (broad SMARTS) is 1. The molecule has 1 fully saturated rings. The molecule has 10 atom stereocenters. The number of carbonyl (C=O) groups is 11. The number of anilines is 3. The van der Waals surface area contributed by atoms with Crippen molar-refractivity contribution >= 4 is 148 Å². The van der Waals surface area contributed by atoms with Gasteiger partial charge in [0.2, 0.25) is 35.8 Å². The Morgan fingerprint density at radius 3 is 1.79 bits per heavy atom. The summed E-state index contributed by atoms with van der Waals surface area (Å²) < 4.78 is 24.5. The van der Waals surface area contributed by atoms with Crippen LogP contribution in [0.15, 0.2) is 47.2 Å². The van der Waals surface area contributed by atoms with Crippen molar-refractivity contribution in [2.75, 3.05) is 80.2 Å². The number of amides is 9. The molecule has 0 bridgehead atoms. The summed E-state index contributed by atoms with van der Waals surface area (Å²) in [4.78, 5) is 150. The maximum absolute atomic E-state index is 14.4. The Bertz CT molecular complexity index is 3970. The Kier molecular flexibility index (Phi) is 28.5. The van der Waals surface area contributed by atoms with Gasteiger partial charge in [-0.05, 0) is 110 Å². The van der Waals surface area contributed by atoms with Crippen molar-refractivity contribution in [3.63, 3.8) is 0 Å². The molecule has 5 aromatic rings. The average molecular weight is 1510 g/mol. The van der Waals surface area contributed by atoms with E-state index in [0.717, 1.165) is 33.0 Å². The Labute approximate surface area is 614 Å². The lowest BCUT2D eigenvalue weighted by molar-refractivity contribution is -0.270. The molecular formula is C71H91Cl2N9O19S2. The van der Waals surface area contributed by atoms with E-state index < -0.39 is 90.4 Å². The fourth-order valence-corrected chi connectivity index (χ4v) is 15.6. The van der Waals surface area contributed by atoms with Crippen LogP contribution in [0.1, 0.15) is 132 Å². The topological polar surface area (TPSA) is 393 Å². The Hall–Kier alpha value is -8.23. The number of benzene rings is 3. The number of ether oxygens (including phenoxy) is 4. The van der Waals surface area contributed by atoms with Crippen molar-refractivity contribution < 1.29 is 92.1 Å². The van der Waals surface area contributed by atoms with Crippen LogP contribution in [0, 0.1) is 31.6 Å². The summed E-state index contributed by atoms with van der Waals surface area (Å²) in [6.07, 6.45) is -9.01. The first kappa shape index (κ1) is 80.5. The number of ketones is 2. The van der Waals surface area contributed by atoms with Crippen molar-refractivity contribution in [2.24, 2.45) is 23.5 Å². The van der Waals surface area contributed by atoms with Gasteiger partial charge in [0, 0.05) is 150 Å². The molecule has 28 nitrogen and oxygen atoms in total. The molecular weight excluding hydrogens is 1420 g/mol. The van der Waals surface area contributed by atoms with E-state index in [1.807, 2.05) is 24.6 Å². The number of aryl methyl sites for hydroxylation is 2. The molecule has 8 rings (SSSR count). The van der Waals surface area contributed by atoms with E-state index in [1.165, 1.54) is 60.4 Å². The number of alkyl halides is 2. The number of nitrogens with zero attached hydrogens (tertiary/aromatic N) is 4. The van der Waals surface area contributed by atoms with Crippen LogP contribution in [-0.4, -0.2) is 197 Å². The Morgan fingerprint density at radius 1 is 0.699 bits per heavy atom. The van der Waals surface area contributed by atoms with Crippen LogP contribution < -0.4 is 46.3 Å². The number of unbranched alkanes of at least 4 members (excludes halogenated alkanes) is 1. The molecule has 3 aliphatic rings. The van der Waals surface area contributed by atoms with Crippen LogP contribution in [-0.2, 0) is 54.4 Å². The van der Waals surface area contributed by atoms with E-state index in [9.17, 15) is 73.2 Å². The number of carbonyl (C=O) groups excluding carboxylic acids is 10. The number of aliphatic hydroxyl groups is 3. The first-order valence-electron chi connectivity index (χ1n) is 34.1. The van der Waals surface area contributed by atoms with Crippen molar-refractivity contribution in [3.05, 3.63) is 75.0 Å². The molecule has 2 aromatic heterocycles. The van der Waals surface area contributed by atoms with Crippen molar-refractivity contribution in [2.45, 2.75) is 161 Å². The molecule has 3 aromatic carbocycles. The van der Waals surface area contributed by atoms with Crippen molar-refractivity contribution in [1.82, 2.24) is 25.8 Å². The minimum absolute atomic E-state index is 0.0213. The normalized spacial score (nSPS) is 19.2. The SMILES string of the molecule is CC(=O)C[C@@H](CCCCNC(C)=O)C(=O)N[C@H](C(=O)C[C@@H](CCCNC(N)=O)C(=O)Nc1ccc(COC(=O)N(C)CCN(C)C(=O)Oc2cc3c(c4c(C)csc24)[C@H](CCl)CN3C(=O)CCCC(=O)N2C[C@@H](CCl)c3c2cc(O[C@@H]2O[C@H](C(=O)O)[C@@H](O)[C@H](O)[C@H]2O)c2scc(C)c32)cc1)C(C)C. The number of hydrogen-bond donors (Lipinski definition) is 9. The Balaban J connectivity index is 0.845. The van der Waals surface area contributed by atoms with Crippen molar-refractivity contribution in [1.29, 1.82) is 0 Å². The molecule has 103 heavy (non-hydrogen) atoms. The second kappa shape index (κ2) is 36.5. The number of rotatable bonds is 34. The second-order valence-corrected chi connectivity index (χ2v) is 29.2. The number of fused-ring (bicyclic) bond motifs is 6. The number of nitrogens with two attached hydrogens (primary N) is 1. The number of aliphatic hydroxyl groups excluding tert-OH is 3. The quantitative estimate of drug-likeness (QED) is 0.0139. The zero-order valence-corrected chi connectivity index (χ0v) is 61.9. The van der Waals surface area contributed by atoms with E-state index in [1.54, 1.807) is 60.0 Å². The minimum atomic E-state index is -1.93. The monoisotopic (exact) mass is 1510 g/mol. The number of likely N-dealkylation sites (N-methyl/N-ethyl adjacent to an activating group) is 2. The molecule has 10 N–H and O–H groups in total. The van der Waals surface area contributed by atoms with Crippen LogP contribution in [0.5, 0.6) is 11.5 Å². The highest BCUT2D eigenvalue weighted by Gasteiger charge is 2.49. The highest BCUT2D eigenvalue weighted by molar-refractivity contribution is 7.18. The summed E-state index contributed by atoms with van der Waals surface area (Å²) >= 11 is 15.9. The summed E-state index contributed by atoms with van der Waals surface area (Å²) in [6, 6.07) is 8.00. The van der Waals surface area contributed by atoms with E-state index >= 15 is 0 Å². The minimum Gasteiger partial charge on any atom is -0.479 e. The number of Topliss-reactive ketones (excluding diaryl/α,β-unsaturated/α-hetero) is 2. The van der Waals surface area contributed by atoms with Gasteiger partial charge in [-0.1, -0.05) is 32.4 Å². The van der Waals surface area contributed by atoms with Gasteiger partial charge in [-0.25, -0.2) is 19.2 Å². The maximum atomic E-state index is 14.4. The lowest BCUT2D eigenvalue weighted by atomic mass is 9.88. The molecule has 0 unspecified atom stereocenters. The summed E-state index contributed by atoms with van der Waals surface area (Å²) in [5.74, 6) is -5.78. The predicted octanol–water partition coefficient (Wildman–Crippen LogP) is 7.92. The third-order valence-electron chi connectivity index (χ3n) is 18.6. The largest absolute Gasteiger partial charge is 0.479 e. The number of carboxylic acids is 1. The number of thiophene rings is 2. The number of nitrogens with one attached hydrogen (secondary N) is 4. The standard InChI is InChI=1S/C71H91Cl2N9O19S2/c1-36(2)58(78-66(92)42(25-39(5)83)13-9-10-21-75-40(6)84)49(85)26-43(14-12-22-76-69(74)95)65(91)77-46-19-17-41(18-20-46)33-98-70(96)79(7)23-24-80(8)71(97)100-51-28-48-57(55-38(4)35-103-64(51)55)45(30-73)32-82(48)53(87)16-11-15-52(86)81-31-44(29-72)56-47(81)27-50(63-54(56)37(3)34-102-63)99-68-61(90)59(88)60(89)62(101-68)67(93)94/h17-20,27-28,34-36,42-45,58-62,68,88-90H,9-16,21-26,29-33H2,1-8H3,(H,75,84)(H,77,91)(H,78,92)(H,93,94)(H3,74,76,95)/t42-,43-,44-,45-,58+,59+,60+,61-,62+,68-/m1/s1. The molecule has 0 aliphatic carbocycles. The molecule has 5 heterocycles. The number of hydrogen-bond acceptors (Lipinski definition) is 20. The Morgan fingerprint density at radius 2 is 1.24 bits per heavy atom. The summed E-state index contributed by atoms with van der Waals surface area (Å²) in [6.45, 7) is 11.0. The highest BCUT2D eigenvalue weighted by atomic mass is 35.5. The highest BCUT2D eigenvalue weighted by Crippen LogP contribution is 2.51. The smallest absolute Gasteiger partial charge is 0.415 e. The van der Waals surface area contributed by atoms with E-state index in [-0.39, 0.29) is 142 Å². The molecule has 1 saturated heterocycles.